The Morgan fingerprint density at radius 2 is 1.90 bits per heavy atom. The molecule has 1 aliphatic carbocycles. The number of benzene rings is 1. The molecule has 1 aromatic carbocycles. The quantitative estimate of drug-likeness (QED) is 0.486. The van der Waals surface area contributed by atoms with E-state index < -0.39 is 0 Å². The average Bonchev–Trinajstić information content (AvgIpc) is 3.48. The van der Waals surface area contributed by atoms with Crippen LogP contribution in [0.25, 0.3) is 6.08 Å². The van der Waals surface area contributed by atoms with Crippen LogP contribution in [0.3, 0.4) is 0 Å². The predicted octanol–water partition coefficient (Wildman–Crippen LogP) is 6.07. The van der Waals surface area contributed by atoms with Gasteiger partial charge in [0.1, 0.15) is 17.6 Å². The van der Waals surface area contributed by atoms with Crippen molar-refractivity contribution in [3.8, 4) is 0 Å². The van der Waals surface area contributed by atoms with E-state index in [0.717, 1.165) is 46.5 Å². The summed E-state index contributed by atoms with van der Waals surface area (Å²) in [6.45, 7) is 0. The zero-order valence-electron chi connectivity index (χ0n) is 15.6. The van der Waals surface area contributed by atoms with Crippen LogP contribution >= 0.6 is 15.9 Å². The van der Waals surface area contributed by atoms with E-state index in [-0.39, 0.29) is 17.9 Å². The Bertz CT molecular complexity index is 1070. The van der Waals surface area contributed by atoms with Crippen molar-refractivity contribution in [2.45, 2.75) is 25.3 Å². The molecule has 5 rings (SSSR count). The SMILES string of the molecule is O=C(c1ccc(Br)cc1)N1N=C2/C(=C/c3ccco3)CCC[C@@H]2[C@H]1c1ccco1. The van der Waals surface area contributed by atoms with Crippen LogP contribution in [0.15, 0.2) is 85.0 Å². The summed E-state index contributed by atoms with van der Waals surface area (Å²) >= 11 is 3.42. The Balaban J connectivity index is 1.56. The van der Waals surface area contributed by atoms with Gasteiger partial charge in [-0.25, -0.2) is 5.01 Å². The number of carbonyl (C=O) groups is 1. The highest BCUT2D eigenvalue weighted by Gasteiger charge is 2.45. The number of halogens is 1. The van der Waals surface area contributed by atoms with Crippen LogP contribution in [-0.4, -0.2) is 16.6 Å². The van der Waals surface area contributed by atoms with Gasteiger partial charge in [0.2, 0.25) is 0 Å². The minimum atomic E-state index is -0.239. The molecule has 1 amide bonds. The summed E-state index contributed by atoms with van der Waals surface area (Å²) in [6, 6.07) is 14.7. The van der Waals surface area contributed by atoms with E-state index in [9.17, 15) is 4.79 Å². The van der Waals surface area contributed by atoms with Crippen molar-refractivity contribution in [1.82, 2.24) is 5.01 Å². The number of rotatable bonds is 3. The van der Waals surface area contributed by atoms with Crippen LogP contribution in [0, 0.1) is 5.92 Å². The Labute approximate surface area is 176 Å². The first-order valence-electron chi connectivity index (χ1n) is 9.66. The zero-order valence-corrected chi connectivity index (χ0v) is 17.2. The topological polar surface area (TPSA) is 59.0 Å². The largest absolute Gasteiger partial charge is 0.467 e. The van der Waals surface area contributed by atoms with Crippen LogP contribution in [-0.2, 0) is 0 Å². The van der Waals surface area contributed by atoms with E-state index in [2.05, 4.69) is 15.9 Å². The fraction of sp³-hybridized carbons (Fsp3) is 0.217. The molecule has 6 heteroatoms. The highest BCUT2D eigenvalue weighted by atomic mass is 79.9. The second-order valence-electron chi connectivity index (χ2n) is 7.29. The fourth-order valence-electron chi connectivity index (χ4n) is 4.18. The second kappa shape index (κ2) is 7.52. The molecule has 0 saturated heterocycles. The van der Waals surface area contributed by atoms with E-state index in [1.165, 1.54) is 0 Å². The molecule has 29 heavy (non-hydrogen) atoms. The maximum absolute atomic E-state index is 13.4. The lowest BCUT2D eigenvalue weighted by molar-refractivity contribution is 0.0656. The average molecular weight is 451 g/mol. The molecule has 2 aliphatic rings. The van der Waals surface area contributed by atoms with Crippen molar-refractivity contribution in [1.29, 1.82) is 0 Å². The lowest BCUT2D eigenvalue weighted by atomic mass is 9.79. The molecule has 3 aromatic rings. The summed E-state index contributed by atoms with van der Waals surface area (Å²) in [6.07, 6.45) is 8.27. The minimum absolute atomic E-state index is 0.107. The smallest absolute Gasteiger partial charge is 0.274 e. The van der Waals surface area contributed by atoms with Crippen molar-refractivity contribution in [3.63, 3.8) is 0 Å². The van der Waals surface area contributed by atoms with E-state index in [1.54, 1.807) is 17.5 Å². The predicted molar refractivity (Wildman–Crippen MR) is 113 cm³/mol. The third-order valence-electron chi connectivity index (χ3n) is 5.50. The number of hydrogen-bond donors (Lipinski definition) is 0. The highest BCUT2D eigenvalue weighted by molar-refractivity contribution is 9.10. The molecule has 3 heterocycles. The van der Waals surface area contributed by atoms with Gasteiger partial charge in [0.25, 0.3) is 5.91 Å². The summed E-state index contributed by atoms with van der Waals surface area (Å²) in [5.41, 5.74) is 2.68. The summed E-state index contributed by atoms with van der Waals surface area (Å²) in [5, 5.41) is 6.43. The molecule has 0 spiro atoms. The van der Waals surface area contributed by atoms with E-state index >= 15 is 0 Å². The summed E-state index contributed by atoms with van der Waals surface area (Å²) < 4.78 is 12.2. The van der Waals surface area contributed by atoms with Gasteiger partial charge in [0.05, 0.1) is 18.2 Å². The Hall–Kier alpha value is -2.86. The normalized spacial score (nSPS) is 22.6. The van der Waals surface area contributed by atoms with Crippen molar-refractivity contribution in [3.05, 3.63) is 88.2 Å². The summed E-state index contributed by atoms with van der Waals surface area (Å²) in [5.74, 6) is 1.54. The molecule has 2 atom stereocenters. The molecule has 0 bridgehead atoms. The van der Waals surface area contributed by atoms with Crippen molar-refractivity contribution in [2.24, 2.45) is 11.0 Å². The maximum Gasteiger partial charge on any atom is 0.274 e. The van der Waals surface area contributed by atoms with Gasteiger partial charge in [0.15, 0.2) is 0 Å². The fourth-order valence-corrected chi connectivity index (χ4v) is 4.44. The number of nitrogens with zero attached hydrogens (tertiary/aromatic N) is 2. The van der Waals surface area contributed by atoms with Gasteiger partial charge in [-0.15, -0.1) is 0 Å². The number of fused-ring (bicyclic) bond motifs is 1. The molecule has 1 aliphatic heterocycles. The van der Waals surface area contributed by atoms with E-state index in [1.807, 2.05) is 54.6 Å². The number of hydrogen-bond acceptors (Lipinski definition) is 4. The van der Waals surface area contributed by atoms with Gasteiger partial charge in [-0.05, 0) is 79.4 Å². The molecule has 0 N–H and O–H groups in total. The number of amides is 1. The summed E-state index contributed by atoms with van der Waals surface area (Å²) in [7, 11) is 0. The number of carbonyl (C=O) groups excluding carboxylic acids is 1. The molecule has 2 aromatic heterocycles. The van der Waals surface area contributed by atoms with Gasteiger partial charge in [0, 0.05) is 16.0 Å². The van der Waals surface area contributed by atoms with Crippen molar-refractivity contribution >= 4 is 33.6 Å². The third kappa shape index (κ3) is 3.38. The van der Waals surface area contributed by atoms with Crippen LogP contribution in [0.5, 0.6) is 0 Å². The molecule has 0 radical (unpaired) electrons. The van der Waals surface area contributed by atoms with Crippen LogP contribution in [0.1, 0.15) is 47.2 Å². The van der Waals surface area contributed by atoms with Crippen LogP contribution in [0.4, 0.5) is 0 Å². The van der Waals surface area contributed by atoms with Crippen molar-refractivity contribution < 1.29 is 13.6 Å². The molecule has 146 valence electrons. The van der Waals surface area contributed by atoms with Crippen LogP contribution in [0.2, 0.25) is 0 Å². The number of allylic oxidation sites excluding steroid dienone is 1. The minimum Gasteiger partial charge on any atom is -0.467 e. The first-order valence-corrected chi connectivity index (χ1v) is 10.5. The molecule has 1 saturated carbocycles. The zero-order chi connectivity index (χ0) is 19.8. The van der Waals surface area contributed by atoms with Gasteiger partial charge in [-0.1, -0.05) is 15.9 Å². The van der Waals surface area contributed by atoms with Gasteiger partial charge in [-0.3, -0.25) is 4.79 Å². The summed E-state index contributed by atoms with van der Waals surface area (Å²) in [4.78, 5) is 13.4. The first-order chi connectivity index (χ1) is 14.2. The molecular weight excluding hydrogens is 432 g/mol. The van der Waals surface area contributed by atoms with E-state index in [0.29, 0.717) is 5.56 Å². The molecule has 0 unspecified atom stereocenters. The Morgan fingerprint density at radius 1 is 1.10 bits per heavy atom. The molecule has 5 nitrogen and oxygen atoms in total. The number of furan rings is 2. The van der Waals surface area contributed by atoms with Gasteiger partial charge >= 0.3 is 0 Å². The monoisotopic (exact) mass is 450 g/mol. The lowest BCUT2D eigenvalue weighted by Gasteiger charge is -2.27. The second-order valence-corrected chi connectivity index (χ2v) is 8.20. The Kier molecular flexibility index (Phi) is 4.72. The van der Waals surface area contributed by atoms with Gasteiger partial charge in [-0.2, -0.15) is 5.10 Å². The lowest BCUT2D eigenvalue weighted by Crippen LogP contribution is -2.31. The standard InChI is InChI=1S/C23H19BrN2O3/c24-17-10-8-15(9-11-17)23(27)26-22(20-7-3-13-29-20)19-6-1-4-16(21(19)25-26)14-18-5-2-12-28-18/h2-3,5,7-14,19,22H,1,4,6H2/b16-14+/t19-,22-/m0/s1. The van der Waals surface area contributed by atoms with Gasteiger partial charge < -0.3 is 8.83 Å². The highest BCUT2D eigenvalue weighted by Crippen LogP contribution is 2.45. The molecular formula is C23H19BrN2O3. The van der Waals surface area contributed by atoms with E-state index in [4.69, 9.17) is 13.9 Å². The third-order valence-corrected chi connectivity index (χ3v) is 6.02. The Morgan fingerprint density at radius 3 is 2.62 bits per heavy atom. The maximum atomic E-state index is 13.4. The number of hydrazone groups is 1. The first kappa shape index (κ1) is 18.2. The molecule has 1 fully saturated rings. The van der Waals surface area contributed by atoms with Crippen LogP contribution < -0.4 is 0 Å². The van der Waals surface area contributed by atoms with Crippen molar-refractivity contribution in [2.75, 3.05) is 0 Å².